The molecule has 0 saturated heterocycles. The Kier molecular flexibility index (Phi) is 4.58. The van der Waals surface area contributed by atoms with Crippen LogP contribution in [0.2, 0.25) is 0 Å². The average Bonchev–Trinajstić information content (AvgIpc) is 3.02. The maximum atomic E-state index is 12.7. The molecular formula is C14H24N4O. The highest BCUT2D eigenvalue weighted by Gasteiger charge is 2.28. The van der Waals surface area contributed by atoms with Crippen LogP contribution in [0.1, 0.15) is 48.2 Å². The molecule has 2 rings (SSSR count). The zero-order chi connectivity index (χ0) is 13.8. The third-order valence-electron chi connectivity index (χ3n) is 4.10. The van der Waals surface area contributed by atoms with E-state index in [0.29, 0.717) is 12.6 Å². The van der Waals surface area contributed by atoms with Crippen LogP contribution in [0.3, 0.4) is 0 Å². The molecule has 1 amide bonds. The zero-order valence-electron chi connectivity index (χ0n) is 11.9. The first-order valence-electron chi connectivity index (χ1n) is 7.14. The summed E-state index contributed by atoms with van der Waals surface area (Å²) < 4.78 is 1.75. The van der Waals surface area contributed by atoms with Crippen molar-refractivity contribution in [1.82, 2.24) is 14.7 Å². The van der Waals surface area contributed by atoms with E-state index in [4.69, 9.17) is 5.73 Å². The molecule has 0 radical (unpaired) electrons. The Hall–Kier alpha value is -1.36. The van der Waals surface area contributed by atoms with E-state index in [1.54, 1.807) is 10.9 Å². The summed E-state index contributed by atoms with van der Waals surface area (Å²) in [4.78, 5) is 14.7. The summed E-state index contributed by atoms with van der Waals surface area (Å²) in [6, 6.07) is 0.388. The molecule has 19 heavy (non-hydrogen) atoms. The SMILES string of the molecule is Cc1c(C(=O)N(CCCN)C2CCCC2)cnn1C. The summed E-state index contributed by atoms with van der Waals surface area (Å²) in [6.45, 7) is 3.33. The predicted molar refractivity (Wildman–Crippen MR) is 74.9 cm³/mol. The fraction of sp³-hybridized carbons (Fsp3) is 0.714. The van der Waals surface area contributed by atoms with Gasteiger partial charge in [-0.2, -0.15) is 5.10 Å². The smallest absolute Gasteiger partial charge is 0.257 e. The standard InChI is InChI=1S/C14H24N4O/c1-11-13(10-16-17(11)2)14(19)18(9-5-8-15)12-6-3-4-7-12/h10,12H,3-9,15H2,1-2H3. The molecule has 2 N–H and O–H groups in total. The molecule has 1 aliphatic rings. The van der Waals surface area contributed by atoms with Crippen LogP contribution >= 0.6 is 0 Å². The summed E-state index contributed by atoms with van der Waals surface area (Å²) in [5, 5.41) is 4.17. The number of aryl methyl sites for hydroxylation is 1. The number of nitrogens with two attached hydrogens (primary N) is 1. The van der Waals surface area contributed by atoms with Gasteiger partial charge in [0.15, 0.2) is 0 Å². The van der Waals surface area contributed by atoms with E-state index in [-0.39, 0.29) is 5.91 Å². The van der Waals surface area contributed by atoms with Crippen molar-refractivity contribution in [3.63, 3.8) is 0 Å². The molecule has 0 aromatic carbocycles. The number of carbonyl (C=O) groups excluding carboxylic acids is 1. The molecule has 5 nitrogen and oxygen atoms in total. The van der Waals surface area contributed by atoms with Gasteiger partial charge < -0.3 is 10.6 Å². The first kappa shape index (κ1) is 14.1. The lowest BCUT2D eigenvalue weighted by Crippen LogP contribution is -2.40. The lowest BCUT2D eigenvalue weighted by atomic mass is 10.1. The van der Waals surface area contributed by atoms with Crippen LogP contribution in [0.25, 0.3) is 0 Å². The van der Waals surface area contributed by atoms with Crippen LogP contribution in [0.15, 0.2) is 6.20 Å². The summed E-state index contributed by atoms with van der Waals surface area (Å²) in [6.07, 6.45) is 7.24. The highest BCUT2D eigenvalue weighted by molar-refractivity contribution is 5.95. The second kappa shape index (κ2) is 6.19. The van der Waals surface area contributed by atoms with Gasteiger partial charge in [0.2, 0.25) is 0 Å². The molecule has 0 bridgehead atoms. The number of aromatic nitrogens is 2. The Morgan fingerprint density at radius 2 is 2.21 bits per heavy atom. The summed E-state index contributed by atoms with van der Waals surface area (Å²) in [5.74, 6) is 0.117. The van der Waals surface area contributed by atoms with Crippen molar-refractivity contribution >= 4 is 5.91 Å². The summed E-state index contributed by atoms with van der Waals surface area (Å²) >= 11 is 0. The van der Waals surface area contributed by atoms with Crippen LogP contribution in [0, 0.1) is 6.92 Å². The van der Waals surface area contributed by atoms with Crippen molar-refractivity contribution < 1.29 is 4.79 Å². The Balaban J connectivity index is 2.16. The van der Waals surface area contributed by atoms with Gasteiger partial charge in [-0.25, -0.2) is 0 Å². The van der Waals surface area contributed by atoms with Gasteiger partial charge in [-0.3, -0.25) is 9.48 Å². The number of carbonyl (C=O) groups is 1. The quantitative estimate of drug-likeness (QED) is 0.875. The molecule has 0 atom stereocenters. The fourth-order valence-electron chi connectivity index (χ4n) is 2.79. The molecule has 0 aliphatic heterocycles. The van der Waals surface area contributed by atoms with Crippen LogP contribution in [0.5, 0.6) is 0 Å². The van der Waals surface area contributed by atoms with E-state index < -0.39 is 0 Å². The number of nitrogens with zero attached hydrogens (tertiary/aromatic N) is 3. The maximum absolute atomic E-state index is 12.7. The normalized spacial score (nSPS) is 15.9. The molecule has 0 spiro atoms. The van der Waals surface area contributed by atoms with Crippen molar-refractivity contribution in [2.75, 3.05) is 13.1 Å². The molecule has 0 unspecified atom stereocenters. The summed E-state index contributed by atoms with van der Waals surface area (Å²) in [5.41, 5.74) is 7.25. The number of hydrogen-bond acceptors (Lipinski definition) is 3. The molecule has 5 heteroatoms. The Bertz CT molecular complexity index is 435. The second-order valence-corrected chi connectivity index (χ2v) is 5.35. The lowest BCUT2D eigenvalue weighted by molar-refractivity contribution is 0.0679. The number of amides is 1. The minimum Gasteiger partial charge on any atom is -0.336 e. The maximum Gasteiger partial charge on any atom is 0.257 e. The number of hydrogen-bond donors (Lipinski definition) is 1. The molecule has 1 aromatic rings. The van der Waals surface area contributed by atoms with Gasteiger partial charge >= 0.3 is 0 Å². The topological polar surface area (TPSA) is 64.2 Å². The molecule has 1 fully saturated rings. The summed E-state index contributed by atoms with van der Waals surface area (Å²) in [7, 11) is 1.87. The van der Waals surface area contributed by atoms with Crippen molar-refractivity contribution in [3.8, 4) is 0 Å². The third kappa shape index (κ3) is 2.97. The van der Waals surface area contributed by atoms with Crippen molar-refractivity contribution in [2.24, 2.45) is 12.8 Å². The Labute approximate surface area is 114 Å². The van der Waals surface area contributed by atoms with Gasteiger partial charge in [0.1, 0.15) is 0 Å². The minimum atomic E-state index is 0.117. The van der Waals surface area contributed by atoms with E-state index in [9.17, 15) is 4.79 Å². The molecule has 1 saturated carbocycles. The van der Waals surface area contributed by atoms with E-state index >= 15 is 0 Å². The predicted octanol–water partition coefficient (Wildman–Crippen LogP) is 1.46. The Morgan fingerprint density at radius 3 is 2.74 bits per heavy atom. The lowest BCUT2D eigenvalue weighted by Gasteiger charge is -2.29. The van der Waals surface area contributed by atoms with Crippen LogP contribution < -0.4 is 5.73 Å². The van der Waals surface area contributed by atoms with Gasteiger partial charge in [-0.15, -0.1) is 0 Å². The molecule has 1 heterocycles. The number of rotatable bonds is 5. The van der Waals surface area contributed by atoms with E-state index in [1.165, 1.54) is 12.8 Å². The first-order valence-corrected chi connectivity index (χ1v) is 7.14. The second-order valence-electron chi connectivity index (χ2n) is 5.35. The first-order chi connectivity index (χ1) is 9.15. The molecular weight excluding hydrogens is 240 g/mol. The van der Waals surface area contributed by atoms with Gasteiger partial charge in [0.05, 0.1) is 11.8 Å². The van der Waals surface area contributed by atoms with E-state index in [0.717, 1.165) is 37.1 Å². The molecule has 1 aliphatic carbocycles. The van der Waals surface area contributed by atoms with Crippen molar-refractivity contribution in [1.29, 1.82) is 0 Å². The van der Waals surface area contributed by atoms with Gasteiger partial charge in [-0.1, -0.05) is 12.8 Å². The highest BCUT2D eigenvalue weighted by atomic mass is 16.2. The van der Waals surface area contributed by atoms with Crippen molar-refractivity contribution in [3.05, 3.63) is 17.5 Å². The largest absolute Gasteiger partial charge is 0.336 e. The van der Waals surface area contributed by atoms with Crippen LogP contribution in [0.4, 0.5) is 0 Å². The van der Waals surface area contributed by atoms with E-state index in [2.05, 4.69) is 5.10 Å². The van der Waals surface area contributed by atoms with Crippen LogP contribution in [-0.2, 0) is 7.05 Å². The fourth-order valence-corrected chi connectivity index (χ4v) is 2.79. The third-order valence-corrected chi connectivity index (χ3v) is 4.10. The van der Waals surface area contributed by atoms with Crippen LogP contribution in [-0.4, -0.2) is 39.7 Å². The van der Waals surface area contributed by atoms with Gasteiger partial charge in [0.25, 0.3) is 5.91 Å². The van der Waals surface area contributed by atoms with Crippen molar-refractivity contribution in [2.45, 2.75) is 45.1 Å². The van der Waals surface area contributed by atoms with Gasteiger partial charge in [-0.05, 0) is 32.7 Å². The van der Waals surface area contributed by atoms with Gasteiger partial charge in [0, 0.05) is 25.3 Å². The average molecular weight is 264 g/mol. The zero-order valence-corrected chi connectivity index (χ0v) is 11.9. The molecule has 1 aromatic heterocycles. The Morgan fingerprint density at radius 1 is 1.53 bits per heavy atom. The highest BCUT2D eigenvalue weighted by Crippen LogP contribution is 2.25. The minimum absolute atomic E-state index is 0.117. The monoisotopic (exact) mass is 264 g/mol. The van der Waals surface area contributed by atoms with E-state index in [1.807, 2.05) is 18.9 Å². The molecule has 106 valence electrons.